The van der Waals surface area contributed by atoms with E-state index in [0.717, 1.165) is 30.6 Å². The Morgan fingerprint density at radius 3 is 2.93 bits per heavy atom. The van der Waals surface area contributed by atoms with Gasteiger partial charge in [-0.1, -0.05) is 26.0 Å². The molecular formula is C12H16FN. The Morgan fingerprint density at radius 2 is 2.14 bits per heavy atom. The highest BCUT2D eigenvalue weighted by atomic mass is 19.1. The predicted molar refractivity (Wildman–Crippen MR) is 55.6 cm³/mol. The van der Waals surface area contributed by atoms with Gasteiger partial charge in [-0.25, -0.2) is 4.39 Å². The van der Waals surface area contributed by atoms with E-state index in [4.69, 9.17) is 0 Å². The number of fused-ring (bicyclic) bond motifs is 1. The van der Waals surface area contributed by atoms with Crippen LogP contribution in [0.25, 0.3) is 0 Å². The van der Waals surface area contributed by atoms with Crippen molar-refractivity contribution in [3.63, 3.8) is 0 Å². The maximum atomic E-state index is 13.6. The number of rotatable bonds is 0. The molecule has 1 aromatic carbocycles. The van der Waals surface area contributed by atoms with Crippen molar-refractivity contribution in [3.05, 3.63) is 35.1 Å². The Morgan fingerprint density at radius 1 is 1.36 bits per heavy atom. The summed E-state index contributed by atoms with van der Waals surface area (Å²) in [5.41, 5.74) is 2.14. The summed E-state index contributed by atoms with van der Waals surface area (Å²) in [6, 6.07) is 5.35. The van der Waals surface area contributed by atoms with Crippen LogP contribution in [-0.4, -0.2) is 6.54 Å². The van der Waals surface area contributed by atoms with Gasteiger partial charge in [-0.2, -0.15) is 0 Å². The molecule has 1 N–H and O–H groups in total. The van der Waals surface area contributed by atoms with Crippen LogP contribution in [0.4, 0.5) is 4.39 Å². The molecule has 2 rings (SSSR count). The fraction of sp³-hybridized carbons (Fsp3) is 0.500. The van der Waals surface area contributed by atoms with E-state index < -0.39 is 0 Å². The molecule has 0 radical (unpaired) electrons. The summed E-state index contributed by atoms with van der Waals surface area (Å²) in [4.78, 5) is 0. The first-order chi connectivity index (χ1) is 6.58. The van der Waals surface area contributed by atoms with Gasteiger partial charge in [0.2, 0.25) is 0 Å². The molecule has 2 heteroatoms. The third-order valence-electron chi connectivity index (χ3n) is 2.79. The first-order valence-electron chi connectivity index (χ1n) is 5.05. The van der Waals surface area contributed by atoms with Crippen LogP contribution in [0.15, 0.2) is 18.2 Å². The van der Waals surface area contributed by atoms with Crippen molar-refractivity contribution < 1.29 is 4.39 Å². The van der Waals surface area contributed by atoms with Crippen molar-refractivity contribution >= 4 is 0 Å². The number of benzene rings is 1. The second-order valence-electron chi connectivity index (χ2n) is 4.82. The SMILES string of the molecule is CC1(C)CNCc2cccc(F)c2C1. The lowest BCUT2D eigenvalue weighted by Crippen LogP contribution is -2.27. The Balaban J connectivity index is 2.43. The molecule has 0 saturated heterocycles. The minimum Gasteiger partial charge on any atom is -0.312 e. The van der Waals surface area contributed by atoms with E-state index in [1.807, 2.05) is 6.07 Å². The second-order valence-corrected chi connectivity index (χ2v) is 4.82. The average Bonchev–Trinajstić information content (AvgIpc) is 2.24. The zero-order chi connectivity index (χ0) is 10.2. The van der Waals surface area contributed by atoms with E-state index in [0.29, 0.717) is 0 Å². The van der Waals surface area contributed by atoms with Crippen molar-refractivity contribution in [3.8, 4) is 0 Å². The van der Waals surface area contributed by atoms with Gasteiger partial charge in [-0.15, -0.1) is 0 Å². The molecule has 1 heterocycles. The van der Waals surface area contributed by atoms with Crippen LogP contribution in [-0.2, 0) is 13.0 Å². The lowest BCUT2D eigenvalue weighted by Gasteiger charge is -2.22. The zero-order valence-corrected chi connectivity index (χ0v) is 8.73. The van der Waals surface area contributed by atoms with Crippen molar-refractivity contribution in [1.82, 2.24) is 5.32 Å². The van der Waals surface area contributed by atoms with Crippen LogP contribution >= 0.6 is 0 Å². The van der Waals surface area contributed by atoms with Crippen molar-refractivity contribution in [2.75, 3.05) is 6.54 Å². The fourth-order valence-corrected chi connectivity index (χ4v) is 2.04. The van der Waals surface area contributed by atoms with Gasteiger partial charge in [-0.3, -0.25) is 0 Å². The van der Waals surface area contributed by atoms with Gasteiger partial charge in [0.1, 0.15) is 5.82 Å². The summed E-state index contributed by atoms with van der Waals surface area (Å²) >= 11 is 0. The monoisotopic (exact) mass is 193 g/mol. The molecule has 76 valence electrons. The lowest BCUT2D eigenvalue weighted by molar-refractivity contribution is 0.345. The van der Waals surface area contributed by atoms with E-state index in [9.17, 15) is 4.39 Å². The summed E-state index contributed by atoms with van der Waals surface area (Å²) < 4.78 is 13.6. The maximum absolute atomic E-state index is 13.6. The van der Waals surface area contributed by atoms with Crippen LogP contribution in [0, 0.1) is 11.2 Å². The molecule has 0 atom stereocenters. The third-order valence-corrected chi connectivity index (χ3v) is 2.79. The van der Waals surface area contributed by atoms with E-state index in [2.05, 4.69) is 19.2 Å². The van der Waals surface area contributed by atoms with Crippen LogP contribution in [0.3, 0.4) is 0 Å². The smallest absolute Gasteiger partial charge is 0.126 e. The summed E-state index contributed by atoms with van der Waals surface area (Å²) in [5.74, 6) is -0.0562. The highest BCUT2D eigenvalue weighted by molar-refractivity contribution is 5.30. The van der Waals surface area contributed by atoms with Crippen LogP contribution in [0.2, 0.25) is 0 Å². The zero-order valence-electron chi connectivity index (χ0n) is 8.73. The van der Waals surface area contributed by atoms with E-state index in [1.165, 1.54) is 0 Å². The van der Waals surface area contributed by atoms with Crippen LogP contribution in [0.1, 0.15) is 25.0 Å². The Labute approximate surface area is 84.3 Å². The highest BCUT2D eigenvalue weighted by Crippen LogP contribution is 2.27. The summed E-state index contributed by atoms with van der Waals surface area (Å²) in [7, 11) is 0. The Kier molecular flexibility index (Phi) is 2.31. The van der Waals surface area contributed by atoms with Gasteiger partial charge in [-0.05, 0) is 29.0 Å². The first-order valence-corrected chi connectivity index (χ1v) is 5.05. The molecule has 1 aliphatic heterocycles. The van der Waals surface area contributed by atoms with Gasteiger partial charge in [0.25, 0.3) is 0 Å². The molecule has 0 bridgehead atoms. The second kappa shape index (κ2) is 3.35. The number of nitrogens with one attached hydrogen (secondary N) is 1. The number of halogens is 1. The van der Waals surface area contributed by atoms with Crippen LogP contribution in [0.5, 0.6) is 0 Å². The molecule has 1 nitrogen and oxygen atoms in total. The maximum Gasteiger partial charge on any atom is 0.126 e. The molecule has 0 aromatic heterocycles. The van der Waals surface area contributed by atoms with Gasteiger partial charge >= 0.3 is 0 Å². The molecule has 1 aliphatic rings. The molecule has 0 saturated carbocycles. The van der Waals surface area contributed by atoms with Gasteiger partial charge in [0, 0.05) is 13.1 Å². The van der Waals surface area contributed by atoms with E-state index in [1.54, 1.807) is 12.1 Å². The van der Waals surface area contributed by atoms with Crippen molar-refractivity contribution in [2.24, 2.45) is 5.41 Å². The van der Waals surface area contributed by atoms with E-state index >= 15 is 0 Å². The molecule has 0 amide bonds. The van der Waals surface area contributed by atoms with E-state index in [-0.39, 0.29) is 11.2 Å². The topological polar surface area (TPSA) is 12.0 Å². The van der Waals surface area contributed by atoms with Gasteiger partial charge < -0.3 is 5.32 Å². The first kappa shape index (κ1) is 9.66. The molecule has 0 fully saturated rings. The molecule has 0 spiro atoms. The largest absolute Gasteiger partial charge is 0.312 e. The molecular weight excluding hydrogens is 177 g/mol. The minimum absolute atomic E-state index is 0.0562. The Bertz CT molecular complexity index is 344. The van der Waals surface area contributed by atoms with Gasteiger partial charge in [0.05, 0.1) is 0 Å². The number of hydrogen-bond donors (Lipinski definition) is 1. The minimum atomic E-state index is -0.0562. The predicted octanol–water partition coefficient (Wildman–Crippen LogP) is 2.50. The molecule has 1 aromatic rings. The van der Waals surface area contributed by atoms with Crippen LogP contribution < -0.4 is 5.32 Å². The van der Waals surface area contributed by atoms with Crippen molar-refractivity contribution in [1.29, 1.82) is 0 Å². The molecule has 14 heavy (non-hydrogen) atoms. The summed E-state index contributed by atoms with van der Waals surface area (Å²) in [5, 5.41) is 3.35. The van der Waals surface area contributed by atoms with Gasteiger partial charge in [0.15, 0.2) is 0 Å². The summed E-state index contributed by atoms with van der Waals surface area (Å²) in [6.45, 7) is 6.07. The number of hydrogen-bond acceptors (Lipinski definition) is 1. The quantitative estimate of drug-likeness (QED) is 0.667. The normalized spacial score (nSPS) is 19.9. The molecule has 0 aliphatic carbocycles. The Hall–Kier alpha value is -0.890. The molecule has 0 unspecified atom stereocenters. The fourth-order valence-electron chi connectivity index (χ4n) is 2.04. The highest BCUT2D eigenvalue weighted by Gasteiger charge is 2.24. The summed E-state index contributed by atoms with van der Waals surface area (Å²) in [6.07, 6.45) is 0.821. The third kappa shape index (κ3) is 1.80. The standard InChI is InChI=1S/C12H16FN/c1-12(2)6-10-9(7-14-8-12)4-3-5-11(10)13/h3-5,14H,6-8H2,1-2H3. The van der Waals surface area contributed by atoms with Crippen molar-refractivity contribution in [2.45, 2.75) is 26.8 Å². The lowest BCUT2D eigenvalue weighted by atomic mass is 9.85. The average molecular weight is 193 g/mol.